The van der Waals surface area contributed by atoms with Gasteiger partial charge in [0.15, 0.2) is 0 Å². The highest BCUT2D eigenvalue weighted by Crippen LogP contribution is 2.17. The standard InChI is InChI=1S/C14H24BrN3O/c1-4-11(2)18-6-5-13(16-18)8-17-9-14(7-15)19-10-12(17)3/h5-6,11-12,14H,4,7-10H2,1-3H3. The fourth-order valence-electron chi connectivity index (χ4n) is 2.29. The first kappa shape index (κ1) is 15.0. The van der Waals surface area contributed by atoms with Crippen LogP contribution in [0.15, 0.2) is 12.3 Å². The summed E-state index contributed by atoms with van der Waals surface area (Å²) in [6, 6.07) is 3.08. The lowest BCUT2D eigenvalue weighted by Crippen LogP contribution is -2.48. The monoisotopic (exact) mass is 329 g/mol. The van der Waals surface area contributed by atoms with Crippen molar-refractivity contribution in [2.24, 2.45) is 0 Å². The largest absolute Gasteiger partial charge is 0.374 e. The molecule has 0 aliphatic carbocycles. The molecule has 3 unspecified atom stereocenters. The Hall–Kier alpha value is -0.390. The molecule has 1 aromatic rings. The van der Waals surface area contributed by atoms with Crippen molar-refractivity contribution in [3.63, 3.8) is 0 Å². The Bertz CT molecular complexity index is 396. The number of aromatic nitrogens is 2. The summed E-state index contributed by atoms with van der Waals surface area (Å²) in [7, 11) is 0. The Morgan fingerprint density at radius 2 is 2.37 bits per heavy atom. The number of halogens is 1. The van der Waals surface area contributed by atoms with Crippen molar-refractivity contribution in [3.05, 3.63) is 18.0 Å². The summed E-state index contributed by atoms with van der Waals surface area (Å²) < 4.78 is 7.83. The maximum atomic E-state index is 5.75. The molecule has 0 radical (unpaired) electrons. The lowest BCUT2D eigenvalue weighted by atomic mass is 10.2. The lowest BCUT2D eigenvalue weighted by Gasteiger charge is -2.37. The zero-order valence-corrected chi connectivity index (χ0v) is 13.6. The maximum absolute atomic E-state index is 5.75. The Morgan fingerprint density at radius 1 is 1.58 bits per heavy atom. The van der Waals surface area contributed by atoms with E-state index in [4.69, 9.17) is 4.74 Å². The highest BCUT2D eigenvalue weighted by molar-refractivity contribution is 9.09. The van der Waals surface area contributed by atoms with Gasteiger partial charge in [0.1, 0.15) is 0 Å². The van der Waals surface area contributed by atoms with Gasteiger partial charge in [0, 0.05) is 36.7 Å². The number of ether oxygens (including phenoxy) is 1. The van der Waals surface area contributed by atoms with E-state index in [9.17, 15) is 0 Å². The summed E-state index contributed by atoms with van der Waals surface area (Å²) >= 11 is 3.50. The van der Waals surface area contributed by atoms with Gasteiger partial charge in [-0.25, -0.2) is 0 Å². The van der Waals surface area contributed by atoms with Gasteiger partial charge in [0.05, 0.1) is 18.4 Å². The van der Waals surface area contributed by atoms with Gasteiger partial charge in [0.25, 0.3) is 0 Å². The van der Waals surface area contributed by atoms with Crippen molar-refractivity contribution < 1.29 is 4.74 Å². The first-order valence-electron chi connectivity index (χ1n) is 7.09. The summed E-state index contributed by atoms with van der Waals surface area (Å²) in [5.74, 6) is 0. The Kier molecular flexibility index (Phi) is 5.42. The van der Waals surface area contributed by atoms with Crippen LogP contribution in [0, 0.1) is 0 Å². The van der Waals surface area contributed by atoms with Crippen molar-refractivity contribution in [1.82, 2.24) is 14.7 Å². The molecule has 2 heterocycles. The van der Waals surface area contributed by atoms with Gasteiger partial charge in [-0.3, -0.25) is 9.58 Å². The molecule has 0 saturated carbocycles. The Balaban J connectivity index is 1.97. The molecule has 0 amide bonds. The number of alkyl halides is 1. The maximum Gasteiger partial charge on any atom is 0.0799 e. The molecule has 1 saturated heterocycles. The Labute approximate surface area is 124 Å². The summed E-state index contributed by atoms with van der Waals surface area (Å²) in [5, 5.41) is 5.58. The zero-order valence-electron chi connectivity index (χ0n) is 12.1. The second-order valence-electron chi connectivity index (χ2n) is 5.43. The van der Waals surface area contributed by atoms with E-state index < -0.39 is 0 Å². The summed E-state index contributed by atoms with van der Waals surface area (Å²) in [6.07, 6.45) is 3.50. The second kappa shape index (κ2) is 6.86. The van der Waals surface area contributed by atoms with Crippen molar-refractivity contribution in [2.75, 3.05) is 18.5 Å². The number of nitrogens with zero attached hydrogens (tertiary/aromatic N) is 3. The molecule has 19 heavy (non-hydrogen) atoms. The fraction of sp³-hybridized carbons (Fsp3) is 0.786. The first-order chi connectivity index (χ1) is 9.13. The normalized spacial score (nSPS) is 26.5. The van der Waals surface area contributed by atoms with Gasteiger partial charge >= 0.3 is 0 Å². The van der Waals surface area contributed by atoms with E-state index in [-0.39, 0.29) is 0 Å². The van der Waals surface area contributed by atoms with Crippen LogP contribution in [-0.2, 0) is 11.3 Å². The SMILES string of the molecule is CCC(C)n1ccc(CN2CC(CBr)OCC2C)n1. The average Bonchev–Trinajstić information content (AvgIpc) is 2.89. The molecule has 3 atom stereocenters. The molecular weight excluding hydrogens is 306 g/mol. The molecule has 108 valence electrons. The molecule has 1 fully saturated rings. The average molecular weight is 330 g/mol. The molecule has 1 aromatic heterocycles. The van der Waals surface area contributed by atoms with E-state index in [1.54, 1.807) is 0 Å². The van der Waals surface area contributed by atoms with E-state index in [0.29, 0.717) is 18.2 Å². The minimum absolute atomic E-state index is 0.299. The molecule has 0 aromatic carbocycles. The molecule has 0 N–H and O–H groups in total. The topological polar surface area (TPSA) is 30.3 Å². The van der Waals surface area contributed by atoms with E-state index in [1.807, 2.05) is 0 Å². The first-order valence-corrected chi connectivity index (χ1v) is 8.21. The molecule has 1 aliphatic heterocycles. The van der Waals surface area contributed by atoms with E-state index in [1.165, 1.54) is 0 Å². The van der Waals surface area contributed by atoms with E-state index >= 15 is 0 Å². The predicted octanol–water partition coefficient (Wildman–Crippen LogP) is 2.84. The summed E-state index contributed by atoms with van der Waals surface area (Å²) in [6.45, 7) is 9.31. The molecule has 5 heteroatoms. The molecular formula is C14H24BrN3O. The van der Waals surface area contributed by atoms with Crippen LogP contribution >= 0.6 is 15.9 Å². The van der Waals surface area contributed by atoms with Crippen LogP contribution in [0.1, 0.15) is 38.9 Å². The lowest BCUT2D eigenvalue weighted by molar-refractivity contribution is -0.0504. The number of rotatable bonds is 5. The van der Waals surface area contributed by atoms with Crippen LogP contribution in [-0.4, -0.2) is 45.3 Å². The van der Waals surface area contributed by atoms with Crippen LogP contribution in [0.4, 0.5) is 0 Å². The van der Waals surface area contributed by atoms with Crippen molar-refractivity contribution in [2.45, 2.75) is 51.9 Å². The van der Waals surface area contributed by atoms with E-state index in [0.717, 1.165) is 37.1 Å². The van der Waals surface area contributed by atoms with Gasteiger partial charge in [-0.2, -0.15) is 5.10 Å². The number of morpholine rings is 1. The predicted molar refractivity (Wildman–Crippen MR) is 80.6 cm³/mol. The van der Waals surface area contributed by atoms with Gasteiger partial charge in [-0.15, -0.1) is 0 Å². The van der Waals surface area contributed by atoms with Gasteiger partial charge in [0.2, 0.25) is 0 Å². The minimum atomic E-state index is 0.299. The van der Waals surface area contributed by atoms with Crippen molar-refractivity contribution in [1.29, 1.82) is 0 Å². The third kappa shape index (κ3) is 3.80. The van der Waals surface area contributed by atoms with Crippen LogP contribution in [0.2, 0.25) is 0 Å². The van der Waals surface area contributed by atoms with Gasteiger partial charge < -0.3 is 4.74 Å². The Morgan fingerprint density at radius 3 is 3.05 bits per heavy atom. The van der Waals surface area contributed by atoms with Crippen molar-refractivity contribution >= 4 is 15.9 Å². The quantitative estimate of drug-likeness (QED) is 0.778. The second-order valence-corrected chi connectivity index (χ2v) is 6.08. The fourth-order valence-corrected chi connectivity index (χ4v) is 2.68. The zero-order chi connectivity index (χ0) is 13.8. The summed E-state index contributed by atoms with van der Waals surface area (Å²) in [4.78, 5) is 2.46. The van der Waals surface area contributed by atoms with E-state index in [2.05, 4.69) is 63.6 Å². The third-order valence-corrected chi connectivity index (χ3v) is 4.60. The minimum Gasteiger partial charge on any atom is -0.374 e. The van der Waals surface area contributed by atoms with Crippen LogP contribution in [0.3, 0.4) is 0 Å². The highest BCUT2D eigenvalue weighted by Gasteiger charge is 2.25. The summed E-state index contributed by atoms with van der Waals surface area (Å²) in [5.41, 5.74) is 1.15. The van der Waals surface area contributed by atoms with Crippen LogP contribution < -0.4 is 0 Å². The highest BCUT2D eigenvalue weighted by atomic mass is 79.9. The van der Waals surface area contributed by atoms with Crippen LogP contribution in [0.25, 0.3) is 0 Å². The van der Waals surface area contributed by atoms with Gasteiger partial charge in [-0.1, -0.05) is 22.9 Å². The van der Waals surface area contributed by atoms with Gasteiger partial charge in [-0.05, 0) is 26.3 Å². The third-order valence-electron chi connectivity index (χ3n) is 3.88. The molecule has 0 bridgehead atoms. The van der Waals surface area contributed by atoms with Crippen LogP contribution in [0.5, 0.6) is 0 Å². The van der Waals surface area contributed by atoms with Crippen molar-refractivity contribution in [3.8, 4) is 0 Å². The molecule has 4 nitrogen and oxygen atoms in total. The molecule has 1 aliphatic rings. The smallest absolute Gasteiger partial charge is 0.0799 e. The molecule has 0 spiro atoms. The number of hydrogen-bond acceptors (Lipinski definition) is 3. The number of hydrogen-bond donors (Lipinski definition) is 0. The molecule has 2 rings (SSSR count).